The van der Waals surface area contributed by atoms with Gasteiger partial charge in [0, 0.05) is 33.4 Å². The van der Waals surface area contributed by atoms with Crippen LogP contribution in [0.1, 0.15) is 92.4 Å². The molecule has 49 heavy (non-hydrogen) atoms. The maximum Gasteiger partial charge on any atom is 1.00 e. The van der Waals surface area contributed by atoms with Gasteiger partial charge in [-0.3, -0.25) is 19.2 Å². The number of H-pyrrole nitrogens is 3. The number of rotatable bonds is 2. The number of carbonyl (C=O) groups is 4. The summed E-state index contributed by atoms with van der Waals surface area (Å²) in [5.41, 5.74) is 6.21. The summed E-state index contributed by atoms with van der Waals surface area (Å²) in [6.45, 7) is 4.15. The van der Waals surface area contributed by atoms with Crippen LogP contribution in [0.25, 0.3) is 22.1 Å². The van der Waals surface area contributed by atoms with Crippen molar-refractivity contribution >= 4 is 91.8 Å². The number of imidazole rings is 2. The minimum atomic E-state index is -0.147. The van der Waals surface area contributed by atoms with E-state index in [0.717, 1.165) is 21.9 Å². The molecule has 0 radical (unpaired) electrons. The van der Waals surface area contributed by atoms with Gasteiger partial charge in [0.05, 0.1) is 27.7 Å². The number of thioether (sulfide) groups is 1. The molecular weight excluding hydrogens is 799 g/mol. The number of nitrogens with one attached hydrogen (secondary N) is 3. The van der Waals surface area contributed by atoms with Crippen LogP contribution in [-0.4, -0.2) is 58.7 Å². The van der Waals surface area contributed by atoms with Crippen LogP contribution >= 0.6 is 46.6 Å². The second-order valence-corrected chi connectivity index (χ2v) is 13.2. The molecule has 2 heterocycles. The molecule has 248 valence electrons. The Morgan fingerprint density at radius 3 is 1.61 bits per heavy atom. The summed E-state index contributed by atoms with van der Waals surface area (Å²) in [6, 6.07) is 20.8. The van der Waals surface area contributed by atoms with Crippen molar-refractivity contribution in [3.63, 3.8) is 0 Å². The summed E-state index contributed by atoms with van der Waals surface area (Å²) in [5.74, 6) is 0.372. The molecule has 0 atom stereocenters. The van der Waals surface area contributed by atoms with Crippen molar-refractivity contribution in [1.29, 1.82) is 0 Å². The Bertz CT molecular complexity index is 2260. The molecule has 2 aliphatic rings. The van der Waals surface area contributed by atoms with Gasteiger partial charge in [0.1, 0.15) is 5.52 Å². The fraction of sp³-hybridized carbons (Fsp3) is 0.167. The molecule has 2 aliphatic carbocycles. The van der Waals surface area contributed by atoms with E-state index in [2.05, 4.69) is 49.5 Å². The van der Waals surface area contributed by atoms with Gasteiger partial charge in [-0.1, -0.05) is 112 Å². The van der Waals surface area contributed by atoms with E-state index in [4.69, 9.17) is 12.2 Å². The molecular formula is C36H34IKN4O5S2. The molecule has 0 spiro atoms. The largest absolute Gasteiger partial charge is 1.00 e. The number of fused-ring (bicyclic) bond motifs is 8. The quantitative estimate of drug-likeness (QED) is 0.0631. The van der Waals surface area contributed by atoms with Crippen molar-refractivity contribution in [1.82, 2.24) is 19.9 Å². The first-order valence-electron chi connectivity index (χ1n) is 14.1. The van der Waals surface area contributed by atoms with Crippen LogP contribution in [-0.2, 0) is 0 Å². The number of benzene rings is 4. The Kier molecular flexibility index (Phi) is 15.7. The zero-order valence-corrected chi connectivity index (χ0v) is 32.5. The molecule has 0 bridgehead atoms. The maximum absolute atomic E-state index is 12.8. The fourth-order valence-corrected chi connectivity index (χ4v) is 6.35. The summed E-state index contributed by atoms with van der Waals surface area (Å²) in [4.78, 5) is 64.2. The van der Waals surface area contributed by atoms with Crippen LogP contribution in [0, 0.1) is 4.77 Å². The molecule has 0 saturated heterocycles. The molecule has 0 saturated carbocycles. The van der Waals surface area contributed by atoms with Crippen LogP contribution in [0.3, 0.4) is 0 Å². The third kappa shape index (κ3) is 7.84. The Labute approximate surface area is 349 Å². The molecule has 0 unspecified atom stereocenters. The summed E-state index contributed by atoms with van der Waals surface area (Å²) in [6.07, 6.45) is 0. The smallest absolute Gasteiger partial charge is 0.870 e. The van der Waals surface area contributed by atoms with E-state index in [0.29, 0.717) is 60.3 Å². The van der Waals surface area contributed by atoms with Gasteiger partial charge in [-0.15, -0.1) is 0 Å². The Morgan fingerprint density at radius 2 is 1.10 bits per heavy atom. The minimum absolute atomic E-state index is 0. The number of hydrogen-bond acceptors (Lipinski definition) is 8. The van der Waals surface area contributed by atoms with Crippen molar-refractivity contribution in [2.24, 2.45) is 0 Å². The maximum atomic E-state index is 12.8. The van der Waals surface area contributed by atoms with Gasteiger partial charge in [-0.05, 0) is 46.7 Å². The van der Waals surface area contributed by atoms with Crippen LogP contribution < -0.4 is 51.4 Å². The second-order valence-electron chi connectivity index (χ2n) is 10.0. The molecule has 8 rings (SSSR count). The van der Waals surface area contributed by atoms with E-state index in [1.165, 1.54) is 4.43 Å². The van der Waals surface area contributed by atoms with E-state index >= 15 is 0 Å². The van der Waals surface area contributed by atoms with Gasteiger partial charge in [0.15, 0.2) is 33.1 Å². The molecule has 4 N–H and O–H groups in total. The first-order valence-corrected chi connectivity index (χ1v) is 17.0. The van der Waals surface area contributed by atoms with Gasteiger partial charge < -0.3 is 20.4 Å². The van der Waals surface area contributed by atoms with Gasteiger partial charge in [0.25, 0.3) is 0 Å². The number of ketones is 4. The summed E-state index contributed by atoms with van der Waals surface area (Å²) >= 11 is 8.92. The van der Waals surface area contributed by atoms with Crippen LogP contribution in [0.4, 0.5) is 0 Å². The minimum Gasteiger partial charge on any atom is -0.870 e. The van der Waals surface area contributed by atoms with Gasteiger partial charge in [-0.2, -0.15) is 0 Å². The molecule has 0 aliphatic heterocycles. The zero-order chi connectivity index (χ0) is 31.8. The van der Waals surface area contributed by atoms with Crippen molar-refractivity contribution < 1.29 is 76.0 Å². The van der Waals surface area contributed by atoms with Gasteiger partial charge in [-0.25, -0.2) is 4.98 Å². The first-order chi connectivity index (χ1) is 21.8. The molecule has 6 aromatic rings. The fourth-order valence-electron chi connectivity index (χ4n) is 5.52. The van der Waals surface area contributed by atoms with E-state index in [1.807, 2.05) is 13.0 Å². The monoisotopic (exact) mass is 832 g/mol. The van der Waals surface area contributed by atoms with E-state index in [-0.39, 0.29) is 94.8 Å². The van der Waals surface area contributed by atoms with Crippen LogP contribution in [0.2, 0.25) is 0 Å². The molecule has 0 fully saturated rings. The number of nitrogens with zero attached hydrogens (tertiary/aromatic N) is 1. The number of halogens is 1. The average Bonchev–Trinajstić information content (AvgIpc) is 3.65. The van der Waals surface area contributed by atoms with E-state index < -0.39 is 0 Å². The predicted octanol–water partition coefficient (Wildman–Crippen LogP) is 5.99. The summed E-state index contributed by atoms with van der Waals surface area (Å²) < 4.78 is 1.66. The van der Waals surface area contributed by atoms with Crippen molar-refractivity contribution in [3.05, 3.63) is 122 Å². The molecule has 13 heteroatoms. The number of aromatic nitrogens is 4. The second kappa shape index (κ2) is 18.1. The standard InChI is InChI=1S/C17H12N2O2S.C15H8N2O2S.C2H5I.2CH4.K.H2O/c1-2-22-17-18-12-8-7-11-13(14(12)19-17)16(21)10-6-4-3-5-9(10)15(11)20;18-13-7-3-1-2-4-8(7)14(19)11-9(13)5-6-10-12(11)17-15(20)16-10;1-2-3;;;;/h3-8H,2H2,1H3,(H,18,19);1-6H,(H2,16,17,20);2H2,1H3;2*1H4;;1H2/q;;;;;+1;/p-1. The third-order valence-corrected chi connectivity index (χ3v) is 8.34. The summed E-state index contributed by atoms with van der Waals surface area (Å²) in [5, 5.41) is 0.769. The topological polar surface area (TPSA) is 159 Å². The molecule has 2 aromatic heterocycles. The van der Waals surface area contributed by atoms with Crippen molar-refractivity contribution in [2.75, 3.05) is 10.2 Å². The third-order valence-electron chi connectivity index (χ3n) is 7.38. The number of aromatic amines is 3. The zero-order valence-electron chi connectivity index (χ0n) is 25.6. The number of hydrogen-bond donors (Lipinski definition) is 3. The van der Waals surface area contributed by atoms with E-state index in [9.17, 15) is 19.2 Å². The average molecular weight is 833 g/mol. The molecule has 4 aromatic carbocycles. The molecule has 9 nitrogen and oxygen atoms in total. The predicted molar refractivity (Wildman–Crippen MR) is 203 cm³/mol. The van der Waals surface area contributed by atoms with Crippen molar-refractivity contribution in [3.8, 4) is 0 Å². The van der Waals surface area contributed by atoms with E-state index in [1.54, 1.807) is 78.5 Å². The first kappa shape index (κ1) is 42.6. The Hall–Kier alpha value is -2.60. The van der Waals surface area contributed by atoms with Crippen molar-refractivity contribution in [2.45, 2.75) is 33.9 Å². The molecule has 0 amide bonds. The Morgan fingerprint density at radius 1 is 0.653 bits per heavy atom. The van der Waals surface area contributed by atoms with Crippen LogP contribution in [0.15, 0.2) is 78.0 Å². The summed E-state index contributed by atoms with van der Waals surface area (Å²) in [7, 11) is 0. The SMILES string of the molecule is C.C.CCI.CCSc1nc2c3c(ccc2[nH]1)C(=O)c1ccccc1C3=O.O=C1c2ccccc2C(=O)c2c1ccc1[nH]c(=S)[nH]c21.[K+].[OH-]. The van der Waals surface area contributed by atoms with Gasteiger partial charge >= 0.3 is 51.4 Å². The Balaban J connectivity index is 0.000000294. The number of alkyl halides is 1. The van der Waals surface area contributed by atoms with Gasteiger partial charge in [0.2, 0.25) is 0 Å². The normalized spacial score (nSPS) is 11.8. The van der Waals surface area contributed by atoms with Crippen LogP contribution in [0.5, 0.6) is 0 Å². The number of carbonyl (C=O) groups excluding carboxylic acids is 4.